The van der Waals surface area contributed by atoms with Crippen LogP contribution in [0.25, 0.3) is 0 Å². The molecule has 0 bridgehead atoms. The SMILES string of the molecule is COc1ccc(N2CCN(C)CC2)cc1NC(=O)COc1ccccc1F. The maximum Gasteiger partial charge on any atom is 0.262 e. The summed E-state index contributed by atoms with van der Waals surface area (Å²) in [7, 11) is 3.66. The third kappa shape index (κ3) is 4.89. The van der Waals surface area contributed by atoms with E-state index in [0.717, 1.165) is 31.9 Å². The molecule has 1 aliphatic heterocycles. The molecular weight excluding hydrogens is 349 g/mol. The van der Waals surface area contributed by atoms with Crippen LogP contribution in [-0.2, 0) is 4.79 Å². The highest BCUT2D eigenvalue weighted by Gasteiger charge is 2.17. The minimum absolute atomic E-state index is 0.0470. The van der Waals surface area contributed by atoms with Gasteiger partial charge in [-0.1, -0.05) is 12.1 Å². The van der Waals surface area contributed by atoms with Gasteiger partial charge >= 0.3 is 0 Å². The first-order valence-corrected chi connectivity index (χ1v) is 8.85. The van der Waals surface area contributed by atoms with Gasteiger partial charge in [0, 0.05) is 31.9 Å². The number of hydrogen-bond acceptors (Lipinski definition) is 5. The second-order valence-electron chi connectivity index (χ2n) is 6.44. The number of anilines is 2. The molecule has 0 saturated carbocycles. The third-order valence-electron chi connectivity index (χ3n) is 4.52. The Labute approximate surface area is 158 Å². The van der Waals surface area contributed by atoms with E-state index in [1.807, 2.05) is 18.2 Å². The lowest BCUT2D eigenvalue weighted by Gasteiger charge is -2.34. The van der Waals surface area contributed by atoms with Crippen LogP contribution in [0, 0.1) is 5.82 Å². The summed E-state index contributed by atoms with van der Waals surface area (Å²) in [5, 5.41) is 2.79. The number of carbonyl (C=O) groups excluding carboxylic acids is 1. The maximum absolute atomic E-state index is 13.6. The van der Waals surface area contributed by atoms with Crippen LogP contribution in [0.3, 0.4) is 0 Å². The Morgan fingerprint density at radius 1 is 1.11 bits per heavy atom. The Morgan fingerprint density at radius 3 is 2.56 bits per heavy atom. The van der Waals surface area contributed by atoms with Crippen molar-refractivity contribution in [1.82, 2.24) is 4.90 Å². The largest absolute Gasteiger partial charge is 0.495 e. The second kappa shape index (κ2) is 8.73. The van der Waals surface area contributed by atoms with Gasteiger partial charge in [-0.3, -0.25) is 4.79 Å². The summed E-state index contributed by atoms with van der Waals surface area (Å²) in [6, 6.07) is 11.7. The predicted octanol–water partition coefficient (Wildman–Crippen LogP) is 2.60. The summed E-state index contributed by atoms with van der Waals surface area (Å²) in [5.74, 6) is -0.273. The molecule has 1 heterocycles. The Bertz CT molecular complexity index is 792. The quantitative estimate of drug-likeness (QED) is 0.844. The Hall–Kier alpha value is -2.80. The highest BCUT2D eigenvalue weighted by atomic mass is 19.1. The predicted molar refractivity (Wildman–Crippen MR) is 103 cm³/mol. The van der Waals surface area contributed by atoms with Gasteiger partial charge in [0.1, 0.15) is 5.75 Å². The van der Waals surface area contributed by atoms with Crippen LogP contribution in [0.5, 0.6) is 11.5 Å². The highest BCUT2D eigenvalue weighted by Crippen LogP contribution is 2.30. The zero-order valence-corrected chi connectivity index (χ0v) is 15.6. The van der Waals surface area contributed by atoms with Crippen molar-refractivity contribution in [2.45, 2.75) is 0 Å². The van der Waals surface area contributed by atoms with Crippen LogP contribution in [0.1, 0.15) is 0 Å². The molecule has 2 aromatic carbocycles. The number of piperazine rings is 1. The van der Waals surface area contributed by atoms with Gasteiger partial charge in [-0.15, -0.1) is 0 Å². The lowest BCUT2D eigenvalue weighted by Crippen LogP contribution is -2.44. The van der Waals surface area contributed by atoms with E-state index in [9.17, 15) is 9.18 Å². The number of halogens is 1. The van der Waals surface area contributed by atoms with Gasteiger partial charge in [-0.2, -0.15) is 0 Å². The molecule has 1 fully saturated rings. The number of benzene rings is 2. The first kappa shape index (κ1) is 19.0. The molecule has 0 radical (unpaired) electrons. The molecular formula is C20H24FN3O3. The normalized spacial score (nSPS) is 14.7. The molecule has 0 aromatic heterocycles. The first-order valence-electron chi connectivity index (χ1n) is 8.85. The van der Waals surface area contributed by atoms with E-state index in [1.165, 1.54) is 12.1 Å². The average Bonchev–Trinajstić information content (AvgIpc) is 2.68. The lowest BCUT2D eigenvalue weighted by molar-refractivity contribution is -0.118. The number of hydrogen-bond donors (Lipinski definition) is 1. The number of nitrogens with one attached hydrogen (secondary N) is 1. The topological polar surface area (TPSA) is 54.0 Å². The molecule has 144 valence electrons. The van der Waals surface area contributed by atoms with Crippen molar-refractivity contribution in [3.63, 3.8) is 0 Å². The van der Waals surface area contributed by atoms with Gasteiger partial charge in [0.25, 0.3) is 5.91 Å². The molecule has 0 aliphatic carbocycles. The smallest absolute Gasteiger partial charge is 0.262 e. The Kier molecular flexibility index (Phi) is 6.13. The molecule has 7 heteroatoms. The van der Waals surface area contributed by atoms with E-state index >= 15 is 0 Å². The summed E-state index contributed by atoms with van der Waals surface area (Å²) in [5.41, 5.74) is 1.59. The third-order valence-corrected chi connectivity index (χ3v) is 4.52. The van der Waals surface area contributed by atoms with Gasteiger partial charge in [0.2, 0.25) is 0 Å². The van der Waals surface area contributed by atoms with Crippen molar-refractivity contribution in [3.05, 3.63) is 48.3 Å². The minimum Gasteiger partial charge on any atom is -0.495 e. The lowest BCUT2D eigenvalue weighted by atomic mass is 10.2. The number of amides is 1. The summed E-state index contributed by atoms with van der Waals surface area (Å²) >= 11 is 0. The molecule has 3 rings (SSSR count). The standard InChI is InChI=1S/C20H24FN3O3/c1-23-9-11-24(12-10-23)15-7-8-19(26-2)17(13-15)22-20(25)14-27-18-6-4-3-5-16(18)21/h3-8,13H,9-12,14H2,1-2H3,(H,22,25). The molecule has 1 saturated heterocycles. The van der Waals surface area contributed by atoms with Crippen LogP contribution in [-0.4, -0.2) is 57.8 Å². The zero-order valence-electron chi connectivity index (χ0n) is 15.6. The van der Waals surface area contributed by atoms with E-state index < -0.39 is 5.82 Å². The average molecular weight is 373 g/mol. The van der Waals surface area contributed by atoms with Gasteiger partial charge in [-0.25, -0.2) is 4.39 Å². The monoisotopic (exact) mass is 373 g/mol. The van der Waals surface area contributed by atoms with Crippen molar-refractivity contribution in [1.29, 1.82) is 0 Å². The Morgan fingerprint density at radius 2 is 1.85 bits per heavy atom. The molecule has 1 N–H and O–H groups in total. The van der Waals surface area contributed by atoms with Crippen LogP contribution >= 0.6 is 0 Å². The van der Waals surface area contributed by atoms with Crippen LogP contribution in [0.15, 0.2) is 42.5 Å². The summed E-state index contributed by atoms with van der Waals surface area (Å²) < 4.78 is 24.2. The number of likely N-dealkylation sites (N-methyl/N-ethyl adjacent to an activating group) is 1. The first-order chi connectivity index (χ1) is 13.1. The number of para-hydroxylation sites is 1. The van der Waals surface area contributed by atoms with Crippen LogP contribution in [0.4, 0.5) is 15.8 Å². The zero-order chi connectivity index (χ0) is 19.2. The second-order valence-corrected chi connectivity index (χ2v) is 6.44. The molecule has 2 aromatic rings. The fourth-order valence-corrected chi connectivity index (χ4v) is 2.95. The van der Waals surface area contributed by atoms with E-state index in [-0.39, 0.29) is 18.3 Å². The number of methoxy groups -OCH3 is 1. The molecule has 0 unspecified atom stereocenters. The van der Waals surface area contributed by atoms with Gasteiger partial charge in [0.15, 0.2) is 18.2 Å². The molecule has 6 nitrogen and oxygen atoms in total. The molecule has 0 atom stereocenters. The van der Waals surface area contributed by atoms with Gasteiger partial charge in [-0.05, 0) is 37.4 Å². The molecule has 27 heavy (non-hydrogen) atoms. The number of ether oxygens (including phenoxy) is 2. The van der Waals surface area contributed by atoms with Crippen molar-refractivity contribution >= 4 is 17.3 Å². The van der Waals surface area contributed by atoms with Gasteiger partial charge < -0.3 is 24.6 Å². The van der Waals surface area contributed by atoms with Crippen molar-refractivity contribution in [2.75, 3.05) is 57.2 Å². The van der Waals surface area contributed by atoms with E-state index in [1.54, 1.807) is 19.2 Å². The van der Waals surface area contributed by atoms with Crippen LogP contribution < -0.4 is 19.7 Å². The molecule has 0 spiro atoms. The van der Waals surface area contributed by atoms with E-state index in [2.05, 4.69) is 22.2 Å². The maximum atomic E-state index is 13.6. The molecule has 1 aliphatic rings. The fraction of sp³-hybridized carbons (Fsp3) is 0.350. The number of carbonyl (C=O) groups is 1. The van der Waals surface area contributed by atoms with Gasteiger partial charge in [0.05, 0.1) is 12.8 Å². The van der Waals surface area contributed by atoms with Crippen LogP contribution in [0.2, 0.25) is 0 Å². The fourth-order valence-electron chi connectivity index (χ4n) is 2.95. The van der Waals surface area contributed by atoms with Crippen molar-refractivity contribution < 1.29 is 18.7 Å². The number of rotatable bonds is 6. The summed E-state index contributed by atoms with van der Waals surface area (Å²) in [6.45, 7) is 3.54. The Balaban J connectivity index is 1.66. The summed E-state index contributed by atoms with van der Waals surface area (Å²) in [4.78, 5) is 16.8. The van der Waals surface area contributed by atoms with Crippen molar-refractivity contribution in [3.8, 4) is 11.5 Å². The van der Waals surface area contributed by atoms with E-state index in [4.69, 9.17) is 9.47 Å². The number of nitrogens with zero attached hydrogens (tertiary/aromatic N) is 2. The summed E-state index contributed by atoms with van der Waals surface area (Å²) in [6.07, 6.45) is 0. The molecule has 1 amide bonds. The van der Waals surface area contributed by atoms with E-state index in [0.29, 0.717) is 11.4 Å². The highest BCUT2D eigenvalue weighted by molar-refractivity contribution is 5.94. The minimum atomic E-state index is -0.500. The van der Waals surface area contributed by atoms with Crippen molar-refractivity contribution in [2.24, 2.45) is 0 Å².